The average molecular weight is 283 g/mol. The van der Waals surface area contributed by atoms with Crippen LogP contribution in [0.3, 0.4) is 0 Å². The fraction of sp³-hybridized carbons (Fsp3) is 0.786. The van der Waals surface area contributed by atoms with Gasteiger partial charge in [0.2, 0.25) is 5.88 Å². The van der Waals surface area contributed by atoms with Crippen molar-refractivity contribution >= 4 is 11.8 Å². The highest BCUT2D eigenvalue weighted by Gasteiger charge is 2.25. The van der Waals surface area contributed by atoms with Crippen LogP contribution in [0.4, 0.5) is 0 Å². The second-order valence-electron chi connectivity index (χ2n) is 5.17. The van der Waals surface area contributed by atoms with Crippen LogP contribution in [0.1, 0.15) is 37.4 Å². The largest absolute Gasteiger partial charge is 0.481 e. The quantitative estimate of drug-likeness (QED) is 0.870. The molecule has 4 nitrogen and oxygen atoms in total. The van der Waals surface area contributed by atoms with E-state index in [1.54, 1.807) is 7.11 Å². The monoisotopic (exact) mass is 283 g/mol. The molecule has 19 heavy (non-hydrogen) atoms. The molecule has 2 atom stereocenters. The van der Waals surface area contributed by atoms with Crippen LogP contribution in [0.2, 0.25) is 0 Å². The lowest BCUT2D eigenvalue weighted by molar-refractivity contribution is 0.366. The molecular formula is C14H25N3OS. The van der Waals surface area contributed by atoms with E-state index in [0.717, 1.165) is 23.4 Å². The van der Waals surface area contributed by atoms with E-state index in [1.807, 2.05) is 18.7 Å². The van der Waals surface area contributed by atoms with Crippen molar-refractivity contribution in [2.24, 2.45) is 7.05 Å². The molecule has 1 N–H and O–H groups in total. The van der Waals surface area contributed by atoms with Crippen LogP contribution < -0.4 is 10.1 Å². The number of thioether (sulfide) groups is 1. The SMILES string of the molecule is CCS[C@@H]1CC[C@H](NCc2c(C)nn(C)c2OC)C1. The summed E-state index contributed by atoms with van der Waals surface area (Å²) in [6.07, 6.45) is 3.93. The number of aryl methyl sites for hydroxylation is 2. The molecule has 0 amide bonds. The first kappa shape index (κ1) is 14.7. The Balaban J connectivity index is 1.89. The van der Waals surface area contributed by atoms with Crippen molar-refractivity contribution in [3.05, 3.63) is 11.3 Å². The molecule has 1 fully saturated rings. The summed E-state index contributed by atoms with van der Waals surface area (Å²) in [4.78, 5) is 0. The molecule has 0 aromatic carbocycles. The predicted molar refractivity (Wildman–Crippen MR) is 80.9 cm³/mol. The minimum Gasteiger partial charge on any atom is -0.481 e. The molecule has 1 aromatic rings. The zero-order valence-electron chi connectivity index (χ0n) is 12.4. The minimum absolute atomic E-state index is 0.647. The van der Waals surface area contributed by atoms with E-state index in [9.17, 15) is 0 Å². The van der Waals surface area contributed by atoms with E-state index in [1.165, 1.54) is 30.6 Å². The summed E-state index contributed by atoms with van der Waals surface area (Å²) in [5, 5.41) is 8.93. The third-order valence-electron chi connectivity index (χ3n) is 3.84. The van der Waals surface area contributed by atoms with E-state index in [2.05, 4.69) is 29.1 Å². The Morgan fingerprint density at radius 2 is 2.26 bits per heavy atom. The second-order valence-corrected chi connectivity index (χ2v) is 6.74. The number of nitrogens with one attached hydrogen (secondary N) is 1. The van der Waals surface area contributed by atoms with Crippen molar-refractivity contribution in [1.82, 2.24) is 15.1 Å². The van der Waals surface area contributed by atoms with E-state index in [0.29, 0.717) is 6.04 Å². The second kappa shape index (κ2) is 6.66. The molecular weight excluding hydrogens is 258 g/mol. The molecule has 0 spiro atoms. The Kier molecular flexibility index (Phi) is 5.16. The van der Waals surface area contributed by atoms with E-state index >= 15 is 0 Å². The molecule has 1 aliphatic carbocycles. The molecule has 1 saturated carbocycles. The smallest absolute Gasteiger partial charge is 0.216 e. The normalized spacial score (nSPS) is 22.9. The Morgan fingerprint density at radius 3 is 2.95 bits per heavy atom. The van der Waals surface area contributed by atoms with Crippen LogP contribution in [0.25, 0.3) is 0 Å². The first-order valence-corrected chi connectivity index (χ1v) is 8.12. The molecule has 1 heterocycles. The minimum atomic E-state index is 0.647. The topological polar surface area (TPSA) is 39.1 Å². The van der Waals surface area contributed by atoms with E-state index < -0.39 is 0 Å². The lowest BCUT2D eigenvalue weighted by Crippen LogP contribution is -2.26. The lowest BCUT2D eigenvalue weighted by Gasteiger charge is -2.13. The molecule has 0 saturated heterocycles. The van der Waals surface area contributed by atoms with Gasteiger partial charge < -0.3 is 10.1 Å². The first-order valence-electron chi connectivity index (χ1n) is 7.07. The van der Waals surface area contributed by atoms with Gasteiger partial charge in [-0.25, -0.2) is 4.68 Å². The van der Waals surface area contributed by atoms with Gasteiger partial charge in [0.15, 0.2) is 0 Å². The molecule has 0 aliphatic heterocycles. The summed E-state index contributed by atoms with van der Waals surface area (Å²) in [5.74, 6) is 2.11. The Bertz CT molecular complexity index is 419. The van der Waals surface area contributed by atoms with Gasteiger partial charge in [0.05, 0.1) is 18.4 Å². The summed E-state index contributed by atoms with van der Waals surface area (Å²) in [6, 6.07) is 0.647. The van der Waals surface area contributed by atoms with Gasteiger partial charge in [0, 0.05) is 24.9 Å². The highest BCUT2D eigenvalue weighted by Crippen LogP contribution is 2.30. The van der Waals surface area contributed by atoms with Crippen molar-refractivity contribution in [3.8, 4) is 5.88 Å². The Morgan fingerprint density at radius 1 is 1.47 bits per heavy atom. The third-order valence-corrected chi connectivity index (χ3v) is 5.07. The van der Waals surface area contributed by atoms with Gasteiger partial charge in [-0.15, -0.1) is 0 Å². The number of nitrogens with zero attached hydrogens (tertiary/aromatic N) is 2. The maximum atomic E-state index is 5.43. The summed E-state index contributed by atoms with van der Waals surface area (Å²) < 4.78 is 7.24. The van der Waals surface area contributed by atoms with E-state index in [4.69, 9.17) is 4.74 Å². The number of hydrogen-bond acceptors (Lipinski definition) is 4. The van der Waals surface area contributed by atoms with Gasteiger partial charge in [-0.2, -0.15) is 16.9 Å². The first-order chi connectivity index (χ1) is 9.15. The molecule has 1 aliphatic rings. The molecule has 2 rings (SSSR count). The number of ether oxygens (including phenoxy) is 1. The maximum Gasteiger partial charge on any atom is 0.216 e. The van der Waals surface area contributed by atoms with Crippen LogP contribution in [0.15, 0.2) is 0 Å². The van der Waals surface area contributed by atoms with Gasteiger partial charge in [-0.1, -0.05) is 6.92 Å². The molecule has 108 valence electrons. The molecule has 0 unspecified atom stereocenters. The average Bonchev–Trinajstić information content (AvgIpc) is 2.92. The van der Waals surface area contributed by atoms with Crippen LogP contribution in [0.5, 0.6) is 5.88 Å². The van der Waals surface area contributed by atoms with Gasteiger partial charge in [0.25, 0.3) is 0 Å². The number of methoxy groups -OCH3 is 1. The zero-order valence-corrected chi connectivity index (χ0v) is 13.2. The number of rotatable bonds is 6. The highest BCUT2D eigenvalue weighted by molar-refractivity contribution is 7.99. The van der Waals surface area contributed by atoms with Gasteiger partial charge in [-0.05, 0) is 31.9 Å². The number of hydrogen-bond donors (Lipinski definition) is 1. The van der Waals surface area contributed by atoms with Gasteiger partial charge >= 0.3 is 0 Å². The summed E-state index contributed by atoms with van der Waals surface area (Å²) in [6.45, 7) is 5.15. The van der Waals surface area contributed by atoms with Crippen molar-refractivity contribution in [1.29, 1.82) is 0 Å². The molecule has 0 bridgehead atoms. The molecule has 0 radical (unpaired) electrons. The standard InChI is InChI=1S/C14H25N3OS/c1-5-19-12-7-6-11(8-12)15-9-13-10(2)16-17(3)14(13)18-4/h11-12,15H,5-9H2,1-4H3/t11-,12+/m0/s1. The van der Waals surface area contributed by atoms with Crippen molar-refractivity contribution < 1.29 is 4.74 Å². The lowest BCUT2D eigenvalue weighted by atomic mass is 10.2. The van der Waals surface area contributed by atoms with Gasteiger partial charge in [-0.3, -0.25) is 0 Å². The predicted octanol–water partition coefficient (Wildman–Crippen LogP) is 2.50. The van der Waals surface area contributed by atoms with Crippen LogP contribution in [0, 0.1) is 6.92 Å². The number of aromatic nitrogens is 2. The Hall–Kier alpha value is -0.680. The fourth-order valence-electron chi connectivity index (χ4n) is 2.90. The highest BCUT2D eigenvalue weighted by atomic mass is 32.2. The zero-order chi connectivity index (χ0) is 13.8. The summed E-state index contributed by atoms with van der Waals surface area (Å²) in [7, 11) is 3.64. The van der Waals surface area contributed by atoms with Crippen LogP contribution in [-0.4, -0.2) is 33.9 Å². The fourth-order valence-corrected chi connectivity index (χ4v) is 4.04. The van der Waals surface area contributed by atoms with Crippen LogP contribution >= 0.6 is 11.8 Å². The van der Waals surface area contributed by atoms with Crippen molar-refractivity contribution in [2.75, 3.05) is 12.9 Å². The summed E-state index contributed by atoms with van der Waals surface area (Å²) in [5.41, 5.74) is 2.25. The van der Waals surface area contributed by atoms with Crippen LogP contribution in [-0.2, 0) is 13.6 Å². The third kappa shape index (κ3) is 3.45. The van der Waals surface area contributed by atoms with Crippen molar-refractivity contribution in [3.63, 3.8) is 0 Å². The Labute approximate surface area is 120 Å². The maximum absolute atomic E-state index is 5.43. The van der Waals surface area contributed by atoms with E-state index in [-0.39, 0.29) is 0 Å². The molecule has 5 heteroatoms. The van der Waals surface area contributed by atoms with Gasteiger partial charge in [0.1, 0.15) is 0 Å². The van der Waals surface area contributed by atoms with Crippen molar-refractivity contribution in [2.45, 2.75) is 50.9 Å². The molecule has 1 aromatic heterocycles. The summed E-state index contributed by atoms with van der Waals surface area (Å²) >= 11 is 2.10.